The van der Waals surface area contributed by atoms with Gasteiger partial charge in [-0.2, -0.15) is 0 Å². The molecule has 4 rings (SSSR count). The number of carbonyl (C=O) groups is 1. The van der Waals surface area contributed by atoms with E-state index in [4.69, 9.17) is 14.7 Å². The molecule has 5 nitrogen and oxygen atoms in total. The number of hydrogen-bond donors (Lipinski definition) is 1. The van der Waals surface area contributed by atoms with Crippen LogP contribution in [0.3, 0.4) is 0 Å². The lowest BCUT2D eigenvalue weighted by molar-refractivity contribution is 0.160. The lowest BCUT2D eigenvalue weighted by Crippen LogP contribution is -2.14. The quantitative estimate of drug-likeness (QED) is 0.387. The van der Waals surface area contributed by atoms with Gasteiger partial charge in [0.1, 0.15) is 0 Å². The SMILES string of the molecule is CCCCOC(=O)Nc1ccc2nc(-c3ccccc3)c(-c3ccccc3)nc2c1. The number of rotatable bonds is 6. The van der Waals surface area contributed by atoms with Crippen LogP contribution in [0.2, 0.25) is 0 Å². The molecule has 0 atom stereocenters. The predicted molar refractivity (Wildman–Crippen MR) is 120 cm³/mol. The number of aromatic nitrogens is 2. The first-order chi connectivity index (χ1) is 14.7. The molecule has 3 aromatic carbocycles. The van der Waals surface area contributed by atoms with Crippen LogP contribution in [0.4, 0.5) is 10.5 Å². The number of nitrogens with zero attached hydrogens (tertiary/aromatic N) is 2. The molecule has 0 aliphatic carbocycles. The molecule has 1 aromatic heterocycles. The minimum atomic E-state index is -0.458. The topological polar surface area (TPSA) is 64.1 Å². The highest BCUT2D eigenvalue weighted by molar-refractivity contribution is 5.91. The highest BCUT2D eigenvalue weighted by Gasteiger charge is 2.14. The van der Waals surface area contributed by atoms with Crippen molar-refractivity contribution in [3.8, 4) is 22.5 Å². The third-order valence-electron chi connectivity index (χ3n) is 4.74. The summed E-state index contributed by atoms with van der Waals surface area (Å²) >= 11 is 0. The number of anilines is 1. The fraction of sp³-hybridized carbons (Fsp3) is 0.160. The summed E-state index contributed by atoms with van der Waals surface area (Å²) in [7, 11) is 0. The molecule has 0 aliphatic heterocycles. The van der Waals surface area contributed by atoms with Gasteiger partial charge in [-0.1, -0.05) is 74.0 Å². The van der Waals surface area contributed by atoms with E-state index in [1.165, 1.54) is 0 Å². The lowest BCUT2D eigenvalue weighted by atomic mass is 10.0. The third-order valence-corrected chi connectivity index (χ3v) is 4.74. The van der Waals surface area contributed by atoms with Crippen LogP contribution in [-0.2, 0) is 4.74 Å². The van der Waals surface area contributed by atoms with Gasteiger partial charge in [0.2, 0.25) is 0 Å². The molecular formula is C25H23N3O2. The molecule has 0 saturated heterocycles. The van der Waals surface area contributed by atoms with Crippen molar-refractivity contribution in [1.82, 2.24) is 9.97 Å². The molecule has 0 radical (unpaired) electrons. The number of unbranched alkanes of at least 4 members (excludes halogenated alkanes) is 1. The van der Waals surface area contributed by atoms with E-state index in [0.29, 0.717) is 17.8 Å². The van der Waals surface area contributed by atoms with Gasteiger partial charge in [-0.15, -0.1) is 0 Å². The van der Waals surface area contributed by atoms with Gasteiger partial charge >= 0.3 is 6.09 Å². The first-order valence-corrected chi connectivity index (χ1v) is 10.1. The van der Waals surface area contributed by atoms with Crippen LogP contribution in [0.25, 0.3) is 33.5 Å². The molecule has 0 spiro atoms. The number of hydrogen-bond acceptors (Lipinski definition) is 4. The van der Waals surface area contributed by atoms with Gasteiger partial charge in [-0.3, -0.25) is 5.32 Å². The molecule has 150 valence electrons. The van der Waals surface area contributed by atoms with E-state index in [9.17, 15) is 4.79 Å². The van der Waals surface area contributed by atoms with E-state index >= 15 is 0 Å². The molecule has 5 heteroatoms. The van der Waals surface area contributed by atoms with Gasteiger partial charge in [0.05, 0.1) is 29.0 Å². The van der Waals surface area contributed by atoms with Crippen molar-refractivity contribution >= 4 is 22.8 Å². The Morgan fingerprint density at radius 2 is 1.43 bits per heavy atom. The third kappa shape index (κ3) is 4.46. The number of amides is 1. The van der Waals surface area contributed by atoms with Gasteiger partial charge in [0, 0.05) is 16.8 Å². The monoisotopic (exact) mass is 397 g/mol. The molecule has 0 saturated carbocycles. The average Bonchev–Trinajstić information content (AvgIpc) is 2.79. The minimum Gasteiger partial charge on any atom is -0.449 e. The molecule has 0 unspecified atom stereocenters. The van der Waals surface area contributed by atoms with E-state index in [0.717, 1.165) is 40.9 Å². The smallest absolute Gasteiger partial charge is 0.411 e. The maximum Gasteiger partial charge on any atom is 0.411 e. The number of nitrogens with one attached hydrogen (secondary N) is 1. The van der Waals surface area contributed by atoms with Crippen LogP contribution in [-0.4, -0.2) is 22.7 Å². The largest absolute Gasteiger partial charge is 0.449 e. The Balaban J connectivity index is 1.73. The number of carbonyl (C=O) groups excluding carboxylic acids is 1. The molecule has 0 aliphatic rings. The molecular weight excluding hydrogens is 374 g/mol. The Morgan fingerprint density at radius 1 is 0.833 bits per heavy atom. The summed E-state index contributed by atoms with van der Waals surface area (Å²) in [5, 5.41) is 2.77. The van der Waals surface area contributed by atoms with Crippen LogP contribution in [0.5, 0.6) is 0 Å². The van der Waals surface area contributed by atoms with Gasteiger partial charge in [0.25, 0.3) is 0 Å². The maximum atomic E-state index is 12.0. The van der Waals surface area contributed by atoms with Crippen molar-refractivity contribution in [3.63, 3.8) is 0 Å². The normalized spacial score (nSPS) is 10.7. The predicted octanol–water partition coefficient (Wildman–Crippen LogP) is 6.31. The van der Waals surface area contributed by atoms with E-state index in [1.54, 1.807) is 0 Å². The zero-order chi connectivity index (χ0) is 20.8. The summed E-state index contributed by atoms with van der Waals surface area (Å²) in [4.78, 5) is 21.8. The molecule has 0 fully saturated rings. The number of benzene rings is 3. The van der Waals surface area contributed by atoms with Crippen molar-refractivity contribution in [2.24, 2.45) is 0 Å². The molecule has 0 bridgehead atoms. The highest BCUT2D eigenvalue weighted by atomic mass is 16.5. The summed E-state index contributed by atoms with van der Waals surface area (Å²) in [5.41, 5.74) is 5.73. The second-order valence-electron chi connectivity index (χ2n) is 6.97. The highest BCUT2D eigenvalue weighted by Crippen LogP contribution is 2.31. The van der Waals surface area contributed by atoms with Crippen LogP contribution in [0.1, 0.15) is 19.8 Å². The van der Waals surface area contributed by atoms with E-state index in [-0.39, 0.29) is 0 Å². The molecule has 30 heavy (non-hydrogen) atoms. The Hall–Kier alpha value is -3.73. The van der Waals surface area contributed by atoms with Gasteiger partial charge < -0.3 is 4.74 Å². The van der Waals surface area contributed by atoms with E-state index in [2.05, 4.69) is 12.2 Å². The Labute approximate surface area is 175 Å². The summed E-state index contributed by atoms with van der Waals surface area (Å²) in [6, 6.07) is 25.5. The van der Waals surface area contributed by atoms with E-state index < -0.39 is 6.09 Å². The Kier molecular flexibility index (Phi) is 5.99. The Bertz CT molecular complexity index is 1150. The van der Waals surface area contributed by atoms with Crippen LogP contribution in [0, 0.1) is 0 Å². The van der Waals surface area contributed by atoms with Crippen LogP contribution < -0.4 is 5.32 Å². The van der Waals surface area contributed by atoms with Crippen molar-refractivity contribution in [2.45, 2.75) is 19.8 Å². The van der Waals surface area contributed by atoms with E-state index in [1.807, 2.05) is 78.9 Å². The summed E-state index contributed by atoms with van der Waals surface area (Å²) in [6.07, 6.45) is 1.37. The van der Waals surface area contributed by atoms with Gasteiger partial charge in [-0.05, 0) is 24.6 Å². The molecule has 1 heterocycles. The fourth-order valence-corrected chi connectivity index (χ4v) is 3.19. The van der Waals surface area contributed by atoms with Crippen molar-refractivity contribution in [1.29, 1.82) is 0 Å². The fourth-order valence-electron chi connectivity index (χ4n) is 3.19. The average molecular weight is 397 g/mol. The summed E-state index contributed by atoms with van der Waals surface area (Å²) < 4.78 is 5.18. The first-order valence-electron chi connectivity index (χ1n) is 10.1. The second-order valence-corrected chi connectivity index (χ2v) is 6.97. The standard InChI is InChI=1S/C25H23N3O2/c1-2-3-16-30-25(29)26-20-14-15-21-22(17-20)28-24(19-12-8-5-9-13-19)23(27-21)18-10-6-4-7-11-18/h4-15,17H,2-3,16H2,1H3,(H,26,29). The number of ether oxygens (including phenoxy) is 1. The van der Waals surface area contributed by atoms with Crippen molar-refractivity contribution < 1.29 is 9.53 Å². The lowest BCUT2D eigenvalue weighted by Gasteiger charge is -2.12. The van der Waals surface area contributed by atoms with Gasteiger partial charge in [-0.25, -0.2) is 14.8 Å². The molecule has 1 amide bonds. The summed E-state index contributed by atoms with van der Waals surface area (Å²) in [6.45, 7) is 2.46. The Morgan fingerprint density at radius 3 is 2.03 bits per heavy atom. The maximum absolute atomic E-state index is 12.0. The zero-order valence-electron chi connectivity index (χ0n) is 16.8. The zero-order valence-corrected chi connectivity index (χ0v) is 16.8. The molecule has 1 N–H and O–H groups in total. The molecule has 4 aromatic rings. The van der Waals surface area contributed by atoms with Crippen LogP contribution in [0.15, 0.2) is 78.9 Å². The summed E-state index contributed by atoms with van der Waals surface area (Å²) in [5.74, 6) is 0. The van der Waals surface area contributed by atoms with Gasteiger partial charge in [0.15, 0.2) is 0 Å². The van der Waals surface area contributed by atoms with Crippen molar-refractivity contribution in [2.75, 3.05) is 11.9 Å². The second kappa shape index (κ2) is 9.18. The first kappa shape index (κ1) is 19.6. The number of fused-ring (bicyclic) bond motifs is 1. The van der Waals surface area contributed by atoms with Crippen molar-refractivity contribution in [3.05, 3.63) is 78.9 Å². The van der Waals surface area contributed by atoms with Crippen LogP contribution >= 0.6 is 0 Å². The minimum absolute atomic E-state index is 0.411.